The minimum Gasteiger partial charge on any atom is -0.508 e. The van der Waals surface area contributed by atoms with Crippen LogP contribution in [0.15, 0.2) is 12.1 Å². The first-order valence-corrected chi connectivity index (χ1v) is 7.83. The van der Waals surface area contributed by atoms with Gasteiger partial charge in [0, 0.05) is 44.4 Å². The van der Waals surface area contributed by atoms with E-state index in [2.05, 4.69) is 17.1 Å². The number of benzene rings is 1. The predicted octanol–water partition coefficient (Wildman–Crippen LogP) is 2.33. The van der Waals surface area contributed by atoms with E-state index in [1.165, 1.54) is 12.1 Å². The molecule has 1 saturated heterocycles. The van der Waals surface area contributed by atoms with Crippen molar-refractivity contribution in [2.24, 2.45) is 0 Å². The van der Waals surface area contributed by atoms with E-state index >= 15 is 0 Å². The first-order valence-electron chi connectivity index (χ1n) is 7.83. The summed E-state index contributed by atoms with van der Waals surface area (Å²) in [6, 6.07) is 2.62. The summed E-state index contributed by atoms with van der Waals surface area (Å²) in [7, 11) is 0. The van der Waals surface area contributed by atoms with Crippen molar-refractivity contribution in [1.29, 1.82) is 0 Å². The molecule has 21 heavy (non-hydrogen) atoms. The fourth-order valence-corrected chi connectivity index (χ4v) is 3.04. The van der Waals surface area contributed by atoms with Crippen molar-refractivity contribution in [3.63, 3.8) is 0 Å². The van der Waals surface area contributed by atoms with Crippen LogP contribution in [0.25, 0.3) is 0 Å². The van der Waals surface area contributed by atoms with Gasteiger partial charge in [-0.25, -0.2) is 0 Å². The first kappa shape index (κ1) is 15.9. The van der Waals surface area contributed by atoms with E-state index in [-0.39, 0.29) is 23.3 Å². The van der Waals surface area contributed by atoms with Crippen LogP contribution >= 0.6 is 0 Å². The Labute approximate surface area is 126 Å². The first-order chi connectivity index (χ1) is 10.1. The van der Waals surface area contributed by atoms with Gasteiger partial charge in [0.2, 0.25) is 0 Å². The van der Waals surface area contributed by atoms with Crippen LogP contribution in [0.5, 0.6) is 17.2 Å². The van der Waals surface area contributed by atoms with E-state index in [0.29, 0.717) is 5.56 Å². The second kappa shape index (κ2) is 7.52. The number of aromatic hydroxyl groups is 3. The third kappa shape index (κ3) is 4.02. The summed E-state index contributed by atoms with van der Waals surface area (Å²) in [5.74, 6) is -0.151. The van der Waals surface area contributed by atoms with Crippen LogP contribution in [-0.2, 0) is 0 Å². The predicted molar refractivity (Wildman–Crippen MR) is 82.8 cm³/mol. The maximum atomic E-state index is 10.2. The second-order valence-corrected chi connectivity index (χ2v) is 5.70. The average Bonchev–Trinajstić information content (AvgIpc) is 2.45. The highest BCUT2D eigenvalue weighted by Gasteiger charge is 2.27. The zero-order chi connectivity index (χ0) is 15.2. The molecule has 1 aliphatic rings. The number of hydrogen-bond donors (Lipinski definition) is 4. The largest absolute Gasteiger partial charge is 0.508 e. The van der Waals surface area contributed by atoms with Crippen LogP contribution in [-0.4, -0.2) is 46.4 Å². The SMILES string of the molecule is CCCCC[C@@H](c1c(O)cc(O)cc1O)N1CCNCC1. The highest BCUT2D eigenvalue weighted by Crippen LogP contribution is 2.41. The van der Waals surface area contributed by atoms with Gasteiger partial charge in [0.05, 0.1) is 5.56 Å². The number of hydrogen-bond acceptors (Lipinski definition) is 5. The van der Waals surface area contributed by atoms with E-state index in [4.69, 9.17) is 0 Å². The third-order valence-corrected chi connectivity index (χ3v) is 4.13. The lowest BCUT2D eigenvalue weighted by Crippen LogP contribution is -2.45. The van der Waals surface area contributed by atoms with Gasteiger partial charge in [-0.15, -0.1) is 0 Å². The molecule has 0 amide bonds. The summed E-state index contributed by atoms with van der Waals surface area (Å²) in [4.78, 5) is 2.30. The topological polar surface area (TPSA) is 76.0 Å². The van der Waals surface area contributed by atoms with E-state index in [9.17, 15) is 15.3 Å². The molecule has 0 unspecified atom stereocenters. The van der Waals surface area contributed by atoms with Crippen LogP contribution in [0.4, 0.5) is 0 Å². The summed E-state index contributed by atoms with van der Waals surface area (Å²) in [6.45, 7) is 5.80. The number of phenolic OH excluding ortho intramolecular Hbond substituents is 3. The molecular formula is C16H26N2O3. The molecule has 0 aromatic heterocycles. The van der Waals surface area contributed by atoms with Crippen LogP contribution < -0.4 is 5.32 Å². The van der Waals surface area contributed by atoms with E-state index in [1.54, 1.807) is 0 Å². The summed E-state index contributed by atoms with van der Waals surface area (Å²) in [6.07, 6.45) is 4.24. The Morgan fingerprint density at radius 1 is 1.10 bits per heavy atom. The van der Waals surface area contributed by atoms with Crippen molar-refractivity contribution in [2.45, 2.75) is 38.6 Å². The van der Waals surface area contributed by atoms with Crippen molar-refractivity contribution < 1.29 is 15.3 Å². The van der Waals surface area contributed by atoms with Crippen molar-refractivity contribution in [2.75, 3.05) is 26.2 Å². The molecule has 2 rings (SSSR count). The molecule has 1 aromatic rings. The zero-order valence-corrected chi connectivity index (χ0v) is 12.7. The van der Waals surface area contributed by atoms with Crippen molar-refractivity contribution in [3.8, 4) is 17.2 Å². The van der Waals surface area contributed by atoms with Crippen LogP contribution in [0, 0.1) is 0 Å². The summed E-state index contributed by atoms with van der Waals surface area (Å²) in [5.41, 5.74) is 0.547. The highest BCUT2D eigenvalue weighted by molar-refractivity contribution is 5.50. The normalized spacial score (nSPS) is 17.8. The number of nitrogens with one attached hydrogen (secondary N) is 1. The fraction of sp³-hybridized carbons (Fsp3) is 0.625. The van der Waals surface area contributed by atoms with Gasteiger partial charge in [0.25, 0.3) is 0 Å². The van der Waals surface area contributed by atoms with Crippen molar-refractivity contribution in [3.05, 3.63) is 17.7 Å². The minimum atomic E-state index is -0.110. The Bertz CT molecular complexity index is 436. The van der Waals surface area contributed by atoms with Gasteiger partial charge in [-0.1, -0.05) is 26.2 Å². The van der Waals surface area contributed by atoms with Crippen molar-refractivity contribution in [1.82, 2.24) is 10.2 Å². The zero-order valence-electron chi connectivity index (χ0n) is 12.7. The molecule has 5 nitrogen and oxygen atoms in total. The van der Waals surface area contributed by atoms with E-state index < -0.39 is 0 Å². The molecule has 1 aliphatic heterocycles. The Hall–Kier alpha value is -1.46. The molecule has 0 bridgehead atoms. The number of piperazine rings is 1. The molecule has 4 N–H and O–H groups in total. The molecule has 1 atom stereocenters. The monoisotopic (exact) mass is 294 g/mol. The molecule has 118 valence electrons. The average molecular weight is 294 g/mol. The van der Waals surface area contributed by atoms with Crippen molar-refractivity contribution >= 4 is 0 Å². The lowest BCUT2D eigenvalue weighted by atomic mass is 9.96. The molecule has 0 radical (unpaired) electrons. The Balaban J connectivity index is 2.25. The molecule has 0 aliphatic carbocycles. The number of nitrogens with zero attached hydrogens (tertiary/aromatic N) is 1. The van der Waals surface area contributed by atoms with Crippen LogP contribution in [0.3, 0.4) is 0 Å². The van der Waals surface area contributed by atoms with Gasteiger partial charge < -0.3 is 20.6 Å². The van der Waals surface area contributed by atoms with Gasteiger partial charge in [-0.2, -0.15) is 0 Å². The molecule has 1 aromatic carbocycles. The third-order valence-electron chi connectivity index (χ3n) is 4.13. The lowest BCUT2D eigenvalue weighted by Gasteiger charge is -2.35. The second-order valence-electron chi connectivity index (χ2n) is 5.70. The van der Waals surface area contributed by atoms with Crippen LogP contribution in [0.2, 0.25) is 0 Å². The highest BCUT2D eigenvalue weighted by atomic mass is 16.3. The van der Waals surface area contributed by atoms with Crippen LogP contribution in [0.1, 0.15) is 44.2 Å². The van der Waals surface area contributed by atoms with E-state index in [0.717, 1.165) is 51.9 Å². The molecule has 5 heteroatoms. The number of rotatable bonds is 6. The number of phenols is 3. The molecule has 1 fully saturated rings. The van der Waals surface area contributed by atoms with Gasteiger partial charge in [0.15, 0.2) is 0 Å². The Morgan fingerprint density at radius 3 is 2.29 bits per heavy atom. The molecule has 0 saturated carbocycles. The summed E-state index contributed by atoms with van der Waals surface area (Å²) < 4.78 is 0. The van der Waals surface area contributed by atoms with Gasteiger partial charge >= 0.3 is 0 Å². The summed E-state index contributed by atoms with van der Waals surface area (Å²) >= 11 is 0. The Kier molecular flexibility index (Phi) is 5.70. The van der Waals surface area contributed by atoms with Gasteiger partial charge in [-0.05, 0) is 6.42 Å². The summed E-state index contributed by atoms with van der Waals surface area (Å²) in [5, 5.41) is 33.1. The molecular weight excluding hydrogens is 268 g/mol. The smallest absolute Gasteiger partial charge is 0.127 e. The standard InChI is InChI=1S/C16H26N2O3/c1-2-3-4-5-13(18-8-6-17-7-9-18)16-14(20)10-12(19)11-15(16)21/h10-11,13,17,19-21H,2-9H2,1H3/t13-/m0/s1. The molecule has 0 spiro atoms. The number of unbranched alkanes of at least 4 members (excludes halogenated alkanes) is 2. The maximum absolute atomic E-state index is 10.2. The van der Waals surface area contributed by atoms with Gasteiger partial charge in [0.1, 0.15) is 17.2 Å². The lowest BCUT2D eigenvalue weighted by molar-refractivity contribution is 0.157. The van der Waals surface area contributed by atoms with E-state index in [1.807, 2.05) is 0 Å². The minimum absolute atomic E-state index is 0.000694. The maximum Gasteiger partial charge on any atom is 0.127 e. The quantitative estimate of drug-likeness (QED) is 0.606. The Morgan fingerprint density at radius 2 is 1.71 bits per heavy atom. The molecule has 1 heterocycles. The van der Waals surface area contributed by atoms with Gasteiger partial charge in [-0.3, -0.25) is 4.90 Å². The fourth-order valence-electron chi connectivity index (χ4n) is 3.04.